The molecule has 1 saturated heterocycles. The Morgan fingerprint density at radius 3 is 2.00 bits per heavy atom. The minimum Gasteiger partial charge on any atom is -0.390 e. The highest BCUT2D eigenvalue weighted by Crippen LogP contribution is 2.21. The average molecular weight is 316 g/mol. The van der Waals surface area contributed by atoms with Gasteiger partial charge in [0.1, 0.15) is 6.10 Å². The highest BCUT2D eigenvalue weighted by atomic mass is 16.7. The van der Waals surface area contributed by atoms with Crippen LogP contribution in [0, 0.1) is 0 Å². The second kappa shape index (κ2) is 12.3. The molecular formula is C18H36O4. The Bertz CT molecular complexity index is 247. The molecule has 0 unspecified atom stereocenters. The molecule has 1 fully saturated rings. The van der Waals surface area contributed by atoms with Crippen molar-refractivity contribution in [2.75, 3.05) is 6.61 Å². The first-order chi connectivity index (χ1) is 10.6. The molecule has 0 spiro atoms. The van der Waals surface area contributed by atoms with Gasteiger partial charge in [-0.25, -0.2) is 0 Å². The predicted molar refractivity (Wildman–Crippen MR) is 88.8 cm³/mol. The van der Waals surface area contributed by atoms with Crippen molar-refractivity contribution in [2.24, 2.45) is 0 Å². The molecule has 0 aliphatic carbocycles. The van der Waals surface area contributed by atoms with Gasteiger partial charge in [0.15, 0.2) is 6.29 Å². The van der Waals surface area contributed by atoms with Gasteiger partial charge in [0.25, 0.3) is 0 Å². The molecule has 0 aromatic rings. The molecule has 4 nitrogen and oxygen atoms in total. The smallest absolute Gasteiger partial charge is 0.160 e. The largest absolute Gasteiger partial charge is 0.390 e. The zero-order valence-corrected chi connectivity index (χ0v) is 14.5. The molecule has 1 heterocycles. The third kappa shape index (κ3) is 8.47. The van der Waals surface area contributed by atoms with E-state index in [0.717, 1.165) is 6.42 Å². The molecule has 1 aliphatic rings. The predicted octanol–water partition coefficient (Wildman–Crippen LogP) is 3.78. The molecule has 132 valence electrons. The van der Waals surface area contributed by atoms with Crippen LogP contribution in [-0.2, 0) is 9.47 Å². The maximum absolute atomic E-state index is 9.69. The lowest BCUT2D eigenvalue weighted by Gasteiger charge is -2.35. The summed E-state index contributed by atoms with van der Waals surface area (Å²) in [6, 6.07) is 0. The molecule has 0 bridgehead atoms. The van der Waals surface area contributed by atoms with Crippen LogP contribution in [0.3, 0.4) is 0 Å². The average Bonchev–Trinajstić information content (AvgIpc) is 2.50. The van der Waals surface area contributed by atoms with E-state index in [-0.39, 0.29) is 12.4 Å². The van der Waals surface area contributed by atoms with Crippen molar-refractivity contribution in [3.05, 3.63) is 0 Å². The van der Waals surface area contributed by atoms with Gasteiger partial charge in [-0.05, 0) is 13.3 Å². The summed E-state index contributed by atoms with van der Waals surface area (Å²) in [5.41, 5.74) is 0. The van der Waals surface area contributed by atoms with Crippen molar-refractivity contribution in [3.63, 3.8) is 0 Å². The van der Waals surface area contributed by atoms with Crippen LogP contribution in [0.5, 0.6) is 0 Å². The summed E-state index contributed by atoms with van der Waals surface area (Å²) in [7, 11) is 0. The lowest BCUT2D eigenvalue weighted by molar-refractivity contribution is -0.246. The van der Waals surface area contributed by atoms with E-state index in [1.807, 2.05) is 0 Å². The molecule has 2 N–H and O–H groups in total. The van der Waals surface area contributed by atoms with Gasteiger partial charge in [0.05, 0.1) is 12.2 Å². The lowest BCUT2D eigenvalue weighted by atomic mass is 10.0. The zero-order chi connectivity index (χ0) is 16.2. The third-order valence-electron chi connectivity index (χ3n) is 4.48. The summed E-state index contributed by atoms with van der Waals surface area (Å²) in [5, 5.41) is 19.3. The first kappa shape index (κ1) is 19.9. The van der Waals surface area contributed by atoms with Crippen molar-refractivity contribution in [1.82, 2.24) is 0 Å². The van der Waals surface area contributed by atoms with E-state index >= 15 is 0 Å². The Kier molecular flexibility index (Phi) is 11.1. The molecule has 22 heavy (non-hydrogen) atoms. The molecule has 0 aromatic carbocycles. The first-order valence-electron chi connectivity index (χ1n) is 9.28. The van der Waals surface area contributed by atoms with Gasteiger partial charge in [-0.1, -0.05) is 64.7 Å². The lowest BCUT2D eigenvalue weighted by Crippen LogP contribution is -2.47. The Balaban J connectivity index is 1.87. The molecule has 0 amide bonds. The van der Waals surface area contributed by atoms with E-state index in [1.165, 1.54) is 57.8 Å². The van der Waals surface area contributed by atoms with Crippen LogP contribution in [0.15, 0.2) is 0 Å². The van der Waals surface area contributed by atoms with E-state index in [1.54, 1.807) is 6.92 Å². The molecule has 0 aromatic heterocycles. The van der Waals surface area contributed by atoms with Gasteiger partial charge >= 0.3 is 0 Å². The van der Waals surface area contributed by atoms with Gasteiger partial charge in [0.2, 0.25) is 0 Å². The molecule has 0 radical (unpaired) electrons. The highest BCUT2D eigenvalue weighted by Gasteiger charge is 2.34. The van der Waals surface area contributed by atoms with Crippen LogP contribution in [0.1, 0.15) is 84.5 Å². The van der Waals surface area contributed by atoms with Crippen molar-refractivity contribution in [1.29, 1.82) is 0 Å². The molecule has 4 heteroatoms. The molecular weight excluding hydrogens is 280 g/mol. The Morgan fingerprint density at radius 1 is 0.909 bits per heavy atom. The Labute approximate surface area is 136 Å². The summed E-state index contributed by atoms with van der Waals surface area (Å²) in [6.45, 7) is 4.70. The van der Waals surface area contributed by atoms with E-state index in [0.29, 0.717) is 13.0 Å². The SMILES string of the molecule is CCCCCCCCCCCCO[C@H]1C[C@H](O)[C@@H](O)[C@H](C)O1. The number of unbranched alkanes of at least 4 members (excludes halogenated alkanes) is 9. The van der Waals surface area contributed by atoms with E-state index < -0.39 is 12.2 Å². The first-order valence-corrected chi connectivity index (χ1v) is 9.28. The second-order valence-corrected chi connectivity index (χ2v) is 6.62. The second-order valence-electron chi connectivity index (χ2n) is 6.62. The van der Waals surface area contributed by atoms with Crippen molar-refractivity contribution in [2.45, 2.75) is 109 Å². The summed E-state index contributed by atoms with van der Waals surface area (Å²) >= 11 is 0. The van der Waals surface area contributed by atoms with Crippen LogP contribution in [0.4, 0.5) is 0 Å². The minimum atomic E-state index is -0.794. The van der Waals surface area contributed by atoms with Crippen molar-refractivity contribution in [3.8, 4) is 0 Å². The van der Waals surface area contributed by atoms with Crippen molar-refractivity contribution < 1.29 is 19.7 Å². The van der Waals surface area contributed by atoms with Gasteiger partial charge in [0, 0.05) is 13.0 Å². The minimum absolute atomic E-state index is 0.360. The topological polar surface area (TPSA) is 58.9 Å². The maximum Gasteiger partial charge on any atom is 0.160 e. The van der Waals surface area contributed by atoms with Crippen LogP contribution in [0.2, 0.25) is 0 Å². The molecule has 1 rings (SSSR count). The molecule has 0 saturated carbocycles. The van der Waals surface area contributed by atoms with Crippen LogP contribution >= 0.6 is 0 Å². The Morgan fingerprint density at radius 2 is 1.45 bits per heavy atom. The van der Waals surface area contributed by atoms with Gasteiger partial charge in [-0.2, -0.15) is 0 Å². The van der Waals surface area contributed by atoms with E-state index in [2.05, 4.69) is 6.92 Å². The standard InChI is InChI=1S/C18H36O4/c1-3-4-5-6-7-8-9-10-11-12-13-21-17-14-16(19)18(20)15(2)22-17/h15-20H,3-14H2,1-2H3/t15-,16-,17+,18-/m0/s1. The van der Waals surface area contributed by atoms with E-state index in [9.17, 15) is 10.2 Å². The number of hydrogen-bond acceptors (Lipinski definition) is 4. The fourth-order valence-corrected chi connectivity index (χ4v) is 2.94. The number of rotatable bonds is 12. The van der Waals surface area contributed by atoms with E-state index in [4.69, 9.17) is 9.47 Å². The zero-order valence-electron chi connectivity index (χ0n) is 14.5. The highest BCUT2D eigenvalue weighted by molar-refractivity contribution is 4.79. The molecule has 4 atom stereocenters. The Hall–Kier alpha value is -0.160. The fraction of sp³-hybridized carbons (Fsp3) is 1.00. The van der Waals surface area contributed by atoms with Gasteiger partial charge in [-0.3, -0.25) is 0 Å². The van der Waals surface area contributed by atoms with Crippen molar-refractivity contribution >= 4 is 0 Å². The van der Waals surface area contributed by atoms with Crippen LogP contribution < -0.4 is 0 Å². The quantitative estimate of drug-likeness (QED) is 0.538. The van der Waals surface area contributed by atoms with Crippen LogP contribution in [-0.4, -0.2) is 41.4 Å². The van der Waals surface area contributed by atoms with Crippen LogP contribution in [0.25, 0.3) is 0 Å². The summed E-state index contributed by atoms with van der Waals surface area (Å²) in [5.74, 6) is 0. The third-order valence-corrected chi connectivity index (χ3v) is 4.48. The van der Waals surface area contributed by atoms with Gasteiger partial charge in [-0.15, -0.1) is 0 Å². The monoisotopic (exact) mass is 316 g/mol. The number of aliphatic hydroxyl groups is 2. The normalized spacial score (nSPS) is 28.9. The summed E-state index contributed by atoms with van der Waals surface area (Å²) in [4.78, 5) is 0. The fourth-order valence-electron chi connectivity index (χ4n) is 2.94. The number of aliphatic hydroxyl groups excluding tert-OH is 2. The van der Waals surface area contributed by atoms with Gasteiger partial charge < -0.3 is 19.7 Å². The number of hydrogen-bond donors (Lipinski definition) is 2. The molecule has 1 aliphatic heterocycles. The number of ether oxygens (including phenoxy) is 2. The summed E-state index contributed by atoms with van der Waals surface area (Å²) < 4.78 is 11.2. The maximum atomic E-state index is 9.69. The summed E-state index contributed by atoms with van der Waals surface area (Å²) in [6.07, 6.45) is 11.2.